The Bertz CT molecular complexity index is 1380. The number of carbonyl (C=O) groups excluding carboxylic acids is 3. The van der Waals surface area contributed by atoms with Crippen molar-refractivity contribution < 1.29 is 28.6 Å². The van der Waals surface area contributed by atoms with Gasteiger partial charge in [-0.3, -0.25) is 14.4 Å². The van der Waals surface area contributed by atoms with E-state index < -0.39 is 6.10 Å². The molecular formula is C63H106O6. The predicted molar refractivity (Wildman–Crippen MR) is 297 cm³/mol. The second-order valence-corrected chi connectivity index (χ2v) is 18.8. The largest absolute Gasteiger partial charge is 0.462 e. The van der Waals surface area contributed by atoms with E-state index in [-0.39, 0.29) is 31.1 Å². The van der Waals surface area contributed by atoms with E-state index in [4.69, 9.17) is 14.2 Å². The third-order valence-corrected chi connectivity index (χ3v) is 12.0. The first-order valence-electron chi connectivity index (χ1n) is 28.7. The topological polar surface area (TPSA) is 78.9 Å². The molecule has 0 N–H and O–H groups in total. The molecule has 0 saturated carbocycles. The Hall–Kier alpha value is -3.67. The summed E-state index contributed by atoms with van der Waals surface area (Å²) in [6, 6.07) is 0. The molecule has 6 nitrogen and oxygen atoms in total. The second kappa shape index (κ2) is 56.9. The van der Waals surface area contributed by atoms with Gasteiger partial charge in [0.25, 0.3) is 0 Å². The van der Waals surface area contributed by atoms with Gasteiger partial charge in [-0.15, -0.1) is 0 Å². The van der Waals surface area contributed by atoms with Gasteiger partial charge in [-0.05, 0) is 122 Å². The Kier molecular flexibility index (Phi) is 53.9. The van der Waals surface area contributed by atoms with Gasteiger partial charge in [-0.2, -0.15) is 0 Å². The van der Waals surface area contributed by atoms with Crippen LogP contribution in [0.15, 0.2) is 97.2 Å². The van der Waals surface area contributed by atoms with Crippen molar-refractivity contribution in [3.05, 3.63) is 97.2 Å². The summed E-state index contributed by atoms with van der Waals surface area (Å²) in [6.07, 6.45) is 75.3. The van der Waals surface area contributed by atoms with E-state index in [9.17, 15) is 14.4 Å². The molecule has 6 heteroatoms. The molecular weight excluding hydrogens is 853 g/mol. The molecule has 0 saturated heterocycles. The van der Waals surface area contributed by atoms with Gasteiger partial charge in [0.1, 0.15) is 13.2 Å². The van der Waals surface area contributed by atoms with Gasteiger partial charge in [-0.25, -0.2) is 0 Å². The van der Waals surface area contributed by atoms with Crippen molar-refractivity contribution in [3.8, 4) is 0 Å². The highest BCUT2D eigenvalue weighted by Crippen LogP contribution is 2.14. The highest BCUT2D eigenvalue weighted by molar-refractivity contribution is 5.71. The third kappa shape index (κ3) is 55.1. The summed E-state index contributed by atoms with van der Waals surface area (Å²) in [5.41, 5.74) is 0. The number of unbranched alkanes of at least 4 members (excludes halogenated alkanes) is 24. The second-order valence-electron chi connectivity index (χ2n) is 18.8. The normalized spacial score (nSPS) is 12.8. The molecule has 0 rings (SSSR count). The van der Waals surface area contributed by atoms with Crippen LogP contribution in [0.4, 0.5) is 0 Å². The van der Waals surface area contributed by atoms with E-state index in [0.29, 0.717) is 19.3 Å². The molecule has 0 radical (unpaired) electrons. The quantitative estimate of drug-likeness (QED) is 0.0262. The molecule has 394 valence electrons. The lowest BCUT2D eigenvalue weighted by Crippen LogP contribution is -2.30. The molecule has 0 aliphatic heterocycles. The first-order valence-corrected chi connectivity index (χ1v) is 28.7. The monoisotopic (exact) mass is 959 g/mol. The molecule has 69 heavy (non-hydrogen) atoms. The minimum Gasteiger partial charge on any atom is -0.462 e. The SMILES string of the molecule is CC/C=C/C/C=C/C/C=C/C/C=C/C/C=C/CCCCCC(=O)OC[C@@H](COC(=O)CCCCCCC/C=C/C/C=C/CCCCC)OC(=O)CCCCCCCCC/C=C/CCCCCCCC. The number of hydrogen-bond acceptors (Lipinski definition) is 6. The van der Waals surface area contributed by atoms with Crippen LogP contribution >= 0.6 is 0 Å². The Balaban J connectivity index is 4.48. The van der Waals surface area contributed by atoms with E-state index in [0.717, 1.165) is 122 Å². The molecule has 0 aromatic carbocycles. The summed E-state index contributed by atoms with van der Waals surface area (Å²) < 4.78 is 16.8. The fourth-order valence-corrected chi connectivity index (χ4v) is 7.73. The van der Waals surface area contributed by atoms with Crippen molar-refractivity contribution in [3.63, 3.8) is 0 Å². The third-order valence-electron chi connectivity index (χ3n) is 12.0. The molecule has 0 fully saturated rings. The molecule has 0 aliphatic carbocycles. The van der Waals surface area contributed by atoms with Crippen LogP contribution < -0.4 is 0 Å². The zero-order valence-electron chi connectivity index (χ0n) is 45.0. The Morgan fingerprint density at radius 1 is 0.304 bits per heavy atom. The van der Waals surface area contributed by atoms with Crippen LogP contribution in [0.3, 0.4) is 0 Å². The number of carbonyl (C=O) groups is 3. The Morgan fingerprint density at radius 3 is 0.942 bits per heavy atom. The van der Waals surface area contributed by atoms with E-state index in [1.807, 2.05) is 0 Å². The Morgan fingerprint density at radius 2 is 0.565 bits per heavy atom. The minimum atomic E-state index is -0.801. The van der Waals surface area contributed by atoms with Crippen molar-refractivity contribution in [2.75, 3.05) is 13.2 Å². The van der Waals surface area contributed by atoms with Crippen LogP contribution in [0, 0.1) is 0 Å². The van der Waals surface area contributed by atoms with E-state index in [1.54, 1.807) is 0 Å². The van der Waals surface area contributed by atoms with Crippen molar-refractivity contribution in [2.24, 2.45) is 0 Å². The zero-order valence-corrected chi connectivity index (χ0v) is 45.0. The van der Waals surface area contributed by atoms with Crippen molar-refractivity contribution >= 4 is 17.9 Å². The van der Waals surface area contributed by atoms with Gasteiger partial charge in [0, 0.05) is 19.3 Å². The van der Waals surface area contributed by atoms with Crippen molar-refractivity contribution in [2.45, 2.75) is 271 Å². The number of ether oxygens (including phenoxy) is 3. The summed E-state index contributed by atoms with van der Waals surface area (Å²) in [7, 11) is 0. The van der Waals surface area contributed by atoms with Crippen LogP contribution in [-0.4, -0.2) is 37.2 Å². The highest BCUT2D eigenvalue weighted by atomic mass is 16.6. The van der Waals surface area contributed by atoms with Gasteiger partial charge in [0.15, 0.2) is 6.10 Å². The molecule has 0 heterocycles. The maximum Gasteiger partial charge on any atom is 0.306 e. The first-order chi connectivity index (χ1) is 34.0. The summed E-state index contributed by atoms with van der Waals surface area (Å²) >= 11 is 0. The minimum absolute atomic E-state index is 0.0976. The van der Waals surface area contributed by atoms with E-state index in [1.165, 1.54) is 103 Å². The molecule has 0 aromatic heterocycles. The van der Waals surface area contributed by atoms with E-state index in [2.05, 4.69) is 118 Å². The van der Waals surface area contributed by atoms with Crippen LogP contribution in [-0.2, 0) is 28.6 Å². The van der Waals surface area contributed by atoms with Gasteiger partial charge in [0.2, 0.25) is 0 Å². The summed E-state index contributed by atoms with van der Waals surface area (Å²) in [5, 5.41) is 0. The molecule has 0 spiro atoms. The lowest BCUT2D eigenvalue weighted by molar-refractivity contribution is -0.167. The van der Waals surface area contributed by atoms with Gasteiger partial charge < -0.3 is 14.2 Å². The standard InChI is InChI=1S/C63H106O6/c1-4-7-10-13-16-19-22-25-28-30-31-33-35-38-41-44-47-50-53-56-62(65)68-59-60(58-67-61(64)55-52-49-46-43-40-37-34-27-24-21-18-15-12-9-6-3)69-63(66)57-54-51-48-45-42-39-36-32-29-26-23-20-17-14-11-8-5-2/h7,10,16,18-19,21,25-29,31,33-34,38,41,60H,4-6,8-9,11-15,17,20,22-24,30,32,35-37,39-40,42-59H2,1-3H3/b10-7+,19-16+,21-18+,28-25+,29-26+,33-31+,34-27+,41-38+/t60-/m1/s1. The first kappa shape index (κ1) is 65.3. The highest BCUT2D eigenvalue weighted by Gasteiger charge is 2.19. The van der Waals surface area contributed by atoms with Crippen LogP contribution in [0.25, 0.3) is 0 Å². The van der Waals surface area contributed by atoms with Crippen LogP contribution in [0.5, 0.6) is 0 Å². The number of rotatable bonds is 51. The maximum absolute atomic E-state index is 12.9. The average molecular weight is 960 g/mol. The van der Waals surface area contributed by atoms with Crippen molar-refractivity contribution in [1.29, 1.82) is 0 Å². The summed E-state index contributed by atoms with van der Waals surface area (Å²) in [6.45, 7) is 6.46. The molecule has 0 bridgehead atoms. The van der Waals surface area contributed by atoms with Crippen LogP contribution in [0.2, 0.25) is 0 Å². The number of allylic oxidation sites excluding steroid dienone is 16. The van der Waals surface area contributed by atoms with Gasteiger partial charge >= 0.3 is 17.9 Å². The lowest BCUT2D eigenvalue weighted by atomic mass is 10.1. The van der Waals surface area contributed by atoms with Crippen molar-refractivity contribution in [1.82, 2.24) is 0 Å². The molecule has 0 aromatic rings. The average Bonchev–Trinajstić information content (AvgIpc) is 3.35. The smallest absolute Gasteiger partial charge is 0.306 e. The summed E-state index contributed by atoms with van der Waals surface area (Å²) in [4.78, 5) is 38.2. The fraction of sp³-hybridized carbons (Fsp3) is 0.698. The predicted octanol–water partition coefficient (Wildman–Crippen LogP) is 19.3. The lowest BCUT2D eigenvalue weighted by Gasteiger charge is -2.18. The summed E-state index contributed by atoms with van der Waals surface area (Å²) in [5.74, 6) is -0.945. The van der Waals surface area contributed by atoms with Crippen LogP contribution in [0.1, 0.15) is 265 Å². The number of esters is 3. The fourth-order valence-electron chi connectivity index (χ4n) is 7.73. The zero-order chi connectivity index (χ0) is 50.0. The molecule has 0 amide bonds. The number of hydrogen-bond donors (Lipinski definition) is 0. The van der Waals surface area contributed by atoms with Gasteiger partial charge in [0.05, 0.1) is 0 Å². The molecule has 0 aliphatic rings. The van der Waals surface area contributed by atoms with E-state index >= 15 is 0 Å². The van der Waals surface area contributed by atoms with Gasteiger partial charge in [-0.1, -0.05) is 221 Å². The molecule has 0 unspecified atom stereocenters. The molecule has 1 atom stereocenters. The Labute approximate surface area is 426 Å². The maximum atomic E-state index is 12.9.